The molecule has 0 saturated heterocycles. The van der Waals surface area contributed by atoms with Crippen molar-refractivity contribution in [3.8, 4) is 11.5 Å². The van der Waals surface area contributed by atoms with Crippen molar-refractivity contribution >= 4 is 23.4 Å². The van der Waals surface area contributed by atoms with E-state index in [1.54, 1.807) is 20.3 Å². The van der Waals surface area contributed by atoms with Gasteiger partial charge in [-0.05, 0) is 55.5 Å². The molecule has 1 N–H and O–H groups in total. The second kappa shape index (κ2) is 11.8. The summed E-state index contributed by atoms with van der Waals surface area (Å²) in [5.74, 6) is 0.0444. The van der Waals surface area contributed by atoms with Crippen LogP contribution in [0.25, 0.3) is 0 Å². The largest absolute Gasteiger partial charge is 0.493 e. The molecule has 2 aromatic rings. The van der Waals surface area contributed by atoms with Crippen molar-refractivity contribution in [3.05, 3.63) is 81.2 Å². The van der Waals surface area contributed by atoms with Crippen LogP contribution in [0.1, 0.15) is 49.7 Å². The molecule has 0 spiro atoms. The summed E-state index contributed by atoms with van der Waals surface area (Å²) in [7, 11) is 3.18. The number of methoxy groups -OCH3 is 2. The highest BCUT2D eigenvalue weighted by atomic mass is 35.5. The van der Waals surface area contributed by atoms with Crippen molar-refractivity contribution in [2.45, 2.75) is 38.5 Å². The van der Waals surface area contributed by atoms with E-state index in [0.29, 0.717) is 65.0 Å². The van der Waals surface area contributed by atoms with Crippen LogP contribution in [0, 0.1) is 0 Å². The predicted molar refractivity (Wildman–Crippen MR) is 141 cm³/mol. The number of esters is 1. The number of hydrogen-bond donors (Lipinski definition) is 1. The molecule has 37 heavy (non-hydrogen) atoms. The Morgan fingerprint density at radius 2 is 1.81 bits per heavy atom. The van der Waals surface area contributed by atoms with Crippen LogP contribution in [-0.4, -0.2) is 45.8 Å². The zero-order valence-corrected chi connectivity index (χ0v) is 22.3. The third kappa shape index (κ3) is 5.53. The SMILES string of the molecule is CCOCCOC(=O)C1=C(C)NC2=C(C(=O)C[C@@H](c3ccc(OC)c(OC)c3)C2)[C@H]1c1ccccc1Cl. The molecule has 196 valence electrons. The van der Waals surface area contributed by atoms with Crippen molar-refractivity contribution in [2.24, 2.45) is 0 Å². The monoisotopic (exact) mass is 525 g/mol. The van der Waals surface area contributed by atoms with Gasteiger partial charge in [-0.25, -0.2) is 4.79 Å². The molecule has 0 radical (unpaired) electrons. The standard InChI is InChI=1S/C29H32ClNO6/c1-5-36-12-13-37-29(33)26-17(2)31-22-14-19(18-10-11-24(34-3)25(16-18)35-4)15-23(32)28(22)27(26)20-8-6-7-9-21(20)30/h6-11,16,19,27,31H,5,12-15H2,1-4H3/t19-,27-/m0/s1. The van der Waals surface area contributed by atoms with Crippen molar-refractivity contribution in [1.82, 2.24) is 5.32 Å². The number of ketones is 1. The Labute approximate surface area is 222 Å². The Balaban J connectivity index is 1.72. The molecule has 0 fully saturated rings. The lowest BCUT2D eigenvalue weighted by Crippen LogP contribution is -2.36. The lowest BCUT2D eigenvalue weighted by molar-refractivity contribution is -0.140. The van der Waals surface area contributed by atoms with Crippen LogP contribution in [-0.2, 0) is 19.1 Å². The second-order valence-corrected chi connectivity index (χ2v) is 9.39. The Hall–Kier alpha value is -3.29. The van der Waals surface area contributed by atoms with Crippen molar-refractivity contribution in [3.63, 3.8) is 0 Å². The first-order valence-electron chi connectivity index (χ1n) is 12.3. The van der Waals surface area contributed by atoms with Crippen molar-refractivity contribution in [1.29, 1.82) is 0 Å². The van der Waals surface area contributed by atoms with Gasteiger partial charge >= 0.3 is 5.97 Å². The van der Waals surface area contributed by atoms with E-state index < -0.39 is 11.9 Å². The van der Waals surface area contributed by atoms with Gasteiger partial charge < -0.3 is 24.3 Å². The molecule has 2 atom stereocenters. The van der Waals surface area contributed by atoms with E-state index in [2.05, 4.69) is 5.32 Å². The molecule has 7 nitrogen and oxygen atoms in total. The number of dihydropyridines is 1. The summed E-state index contributed by atoms with van der Waals surface area (Å²) < 4.78 is 21.7. The van der Waals surface area contributed by atoms with E-state index in [-0.39, 0.29) is 18.3 Å². The highest BCUT2D eigenvalue weighted by Crippen LogP contribution is 2.47. The lowest BCUT2D eigenvalue weighted by atomic mass is 9.71. The molecule has 1 aliphatic heterocycles. The number of ether oxygens (including phenoxy) is 4. The van der Waals surface area contributed by atoms with Gasteiger partial charge in [0.2, 0.25) is 0 Å². The maximum absolute atomic E-state index is 13.8. The fourth-order valence-corrected chi connectivity index (χ4v) is 5.33. The summed E-state index contributed by atoms with van der Waals surface area (Å²) >= 11 is 6.61. The fraction of sp³-hybridized carbons (Fsp3) is 0.379. The number of nitrogens with one attached hydrogen (secondary N) is 1. The maximum atomic E-state index is 13.8. The quantitative estimate of drug-likeness (QED) is 0.351. The van der Waals surface area contributed by atoms with Crippen LogP contribution in [0.15, 0.2) is 65.0 Å². The van der Waals surface area contributed by atoms with Gasteiger partial charge in [0.15, 0.2) is 17.3 Å². The number of Topliss-reactive ketones (excluding diaryl/α,β-unsaturated/α-hetero) is 1. The highest BCUT2D eigenvalue weighted by Gasteiger charge is 2.42. The molecule has 0 unspecified atom stereocenters. The van der Waals surface area contributed by atoms with Gasteiger partial charge in [0.25, 0.3) is 0 Å². The van der Waals surface area contributed by atoms with Crippen molar-refractivity contribution < 1.29 is 28.5 Å². The molecule has 0 amide bonds. The number of allylic oxidation sites excluding steroid dienone is 3. The molecule has 2 aliphatic rings. The van der Waals surface area contributed by atoms with Gasteiger partial charge in [0, 0.05) is 40.9 Å². The van der Waals surface area contributed by atoms with Crippen LogP contribution in [0.5, 0.6) is 11.5 Å². The number of halogens is 1. The van der Waals surface area contributed by atoms with Gasteiger partial charge in [0.05, 0.1) is 26.4 Å². The number of rotatable bonds is 9. The summed E-state index contributed by atoms with van der Waals surface area (Å²) in [4.78, 5) is 27.1. The molecule has 0 bridgehead atoms. The summed E-state index contributed by atoms with van der Waals surface area (Å²) in [5.41, 5.74) is 4.08. The molecule has 0 saturated carbocycles. The minimum absolute atomic E-state index is 0.0365. The molecule has 4 rings (SSSR count). The number of benzene rings is 2. The topological polar surface area (TPSA) is 83.1 Å². The summed E-state index contributed by atoms with van der Waals surface area (Å²) in [6, 6.07) is 13.0. The van der Waals surface area contributed by atoms with Crippen LogP contribution in [0.4, 0.5) is 0 Å². The minimum atomic E-state index is -0.622. The first kappa shape index (κ1) is 26.8. The van der Waals surface area contributed by atoms with Crippen LogP contribution in [0.2, 0.25) is 5.02 Å². The second-order valence-electron chi connectivity index (χ2n) is 8.99. The molecule has 1 aliphatic carbocycles. The Morgan fingerprint density at radius 1 is 1.05 bits per heavy atom. The average Bonchev–Trinajstić information content (AvgIpc) is 2.90. The lowest BCUT2D eigenvalue weighted by Gasteiger charge is -2.37. The highest BCUT2D eigenvalue weighted by molar-refractivity contribution is 6.31. The first-order valence-corrected chi connectivity index (χ1v) is 12.7. The summed E-state index contributed by atoms with van der Waals surface area (Å²) in [6.07, 6.45) is 0.893. The Kier molecular flexibility index (Phi) is 8.56. The molecule has 1 heterocycles. The minimum Gasteiger partial charge on any atom is -0.493 e. The third-order valence-electron chi connectivity index (χ3n) is 6.81. The normalized spacial score (nSPS) is 19.3. The fourth-order valence-electron chi connectivity index (χ4n) is 5.09. The van der Waals surface area contributed by atoms with Crippen LogP contribution in [0.3, 0.4) is 0 Å². The maximum Gasteiger partial charge on any atom is 0.336 e. The van der Waals surface area contributed by atoms with E-state index in [0.717, 1.165) is 11.3 Å². The predicted octanol–water partition coefficient (Wildman–Crippen LogP) is 5.30. The molecule has 0 aromatic heterocycles. The number of carbonyl (C=O) groups is 2. The van der Waals surface area contributed by atoms with Gasteiger partial charge in [0.1, 0.15) is 6.61 Å². The molecular weight excluding hydrogens is 494 g/mol. The Morgan fingerprint density at radius 3 is 2.51 bits per heavy atom. The van der Waals surface area contributed by atoms with Gasteiger partial charge in [-0.2, -0.15) is 0 Å². The van der Waals surface area contributed by atoms with E-state index >= 15 is 0 Å². The zero-order valence-electron chi connectivity index (χ0n) is 21.6. The molecule has 8 heteroatoms. The zero-order chi connectivity index (χ0) is 26.5. The van der Waals surface area contributed by atoms with E-state index in [4.69, 9.17) is 30.5 Å². The van der Waals surface area contributed by atoms with E-state index in [1.807, 2.05) is 50.2 Å². The first-order chi connectivity index (χ1) is 17.9. The number of carbonyl (C=O) groups excluding carboxylic acids is 2. The van der Waals surface area contributed by atoms with Gasteiger partial charge in [-0.3, -0.25) is 4.79 Å². The number of hydrogen-bond acceptors (Lipinski definition) is 7. The third-order valence-corrected chi connectivity index (χ3v) is 7.15. The van der Waals surface area contributed by atoms with E-state index in [1.165, 1.54) is 0 Å². The van der Waals surface area contributed by atoms with Crippen LogP contribution < -0.4 is 14.8 Å². The van der Waals surface area contributed by atoms with Crippen molar-refractivity contribution in [2.75, 3.05) is 34.0 Å². The Bertz CT molecular complexity index is 1250. The summed E-state index contributed by atoms with van der Waals surface area (Å²) in [5, 5.41) is 3.85. The smallest absolute Gasteiger partial charge is 0.336 e. The van der Waals surface area contributed by atoms with Gasteiger partial charge in [-0.1, -0.05) is 35.9 Å². The van der Waals surface area contributed by atoms with Crippen LogP contribution >= 0.6 is 11.6 Å². The van der Waals surface area contributed by atoms with E-state index in [9.17, 15) is 9.59 Å². The van der Waals surface area contributed by atoms with Gasteiger partial charge in [-0.15, -0.1) is 0 Å². The average molecular weight is 526 g/mol. The molecule has 2 aromatic carbocycles. The summed E-state index contributed by atoms with van der Waals surface area (Å²) in [6.45, 7) is 4.68. The molecular formula is C29H32ClNO6.